The van der Waals surface area contributed by atoms with Crippen LogP contribution in [0.2, 0.25) is 0 Å². The zero-order chi connectivity index (χ0) is 18.2. The lowest BCUT2D eigenvalue weighted by Crippen LogP contribution is -2.06. The van der Waals surface area contributed by atoms with Crippen molar-refractivity contribution in [2.75, 3.05) is 0 Å². The lowest BCUT2D eigenvalue weighted by molar-refractivity contribution is 0.0696. The molecule has 132 valence electrons. The van der Waals surface area contributed by atoms with Crippen LogP contribution >= 0.6 is 0 Å². The smallest absolute Gasteiger partial charge is 0.336 e. The van der Waals surface area contributed by atoms with E-state index in [0.29, 0.717) is 12.0 Å². The van der Waals surface area contributed by atoms with Crippen molar-refractivity contribution in [3.05, 3.63) is 64.7 Å². The summed E-state index contributed by atoms with van der Waals surface area (Å²) in [5, 5.41) is 20.0. The number of carboxylic acids is 1. The second kappa shape index (κ2) is 9.07. The summed E-state index contributed by atoms with van der Waals surface area (Å²) in [6.45, 7) is 4.15. The molecule has 0 aliphatic rings. The van der Waals surface area contributed by atoms with Crippen molar-refractivity contribution in [3.8, 4) is 5.75 Å². The molecule has 3 heteroatoms. The van der Waals surface area contributed by atoms with Crippen LogP contribution in [0.5, 0.6) is 5.75 Å². The summed E-state index contributed by atoms with van der Waals surface area (Å²) in [6.07, 6.45) is 6.33. The lowest BCUT2D eigenvalue weighted by atomic mass is 9.87. The predicted molar refractivity (Wildman–Crippen MR) is 103 cm³/mol. The molecule has 0 bridgehead atoms. The third kappa shape index (κ3) is 4.72. The number of carbonyl (C=O) groups is 1. The summed E-state index contributed by atoms with van der Waals surface area (Å²) in [5.41, 5.74) is 3.70. The Hall–Kier alpha value is -2.55. The topological polar surface area (TPSA) is 57.5 Å². The van der Waals surface area contributed by atoms with Gasteiger partial charge in [-0.25, -0.2) is 4.79 Å². The second-order valence-corrected chi connectivity index (χ2v) is 6.22. The van der Waals surface area contributed by atoms with E-state index in [1.54, 1.807) is 0 Å². The summed E-state index contributed by atoms with van der Waals surface area (Å²) in [6, 6.07) is 12.9. The molecule has 25 heavy (non-hydrogen) atoms. The Morgan fingerprint density at radius 3 is 2.36 bits per heavy atom. The van der Waals surface area contributed by atoms with Crippen LogP contribution in [-0.4, -0.2) is 16.2 Å². The average molecular weight is 338 g/mol. The van der Waals surface area contributed by atoms with Crippen molar-refractivity contribution in [1.29, 1.82) is 0 Å². The number of phenols is 1. The molecular weight excluding hydrogens is 312 g/mol. The molecule has 2 aromatic rings. The predicted octanol–water partition coefficient (Wildman–Crippen LogP) is 5.77. The maximum atomic E-state index is 11.8. The van der Waals surface area contributed by atoms with E-state index in [4.69, 9.17) is 0 Å². The van der Waals surface area contributed by atoms with Gasteiger partial charge in [0, 0.05) is 5.56 Å². The molecule has 2 rings (SSSR count). The molecule has 0 saturated carbocycles. The van der Waals surface area contributed by atoms with E-state index in [9.17, 15) is 15.0 Å². The highest BCUT2D eigenvalue weighted by molar-refractivity contribution is 5.98. The largest absolute Gasteiger partial charge is 0.508 e. The third-order valence-corrected chi connectivity index (χ3v) is 4.28. The number of aromatic carboxylic acids is 1. The molecule has 0 aliphatic heterocycles. The number of benzene rings is 2. The Labute approximate surface area is 149 Å². The average Bonchev–Trinajstić information content (AvgIpc) is 2.61. The Bertz CT molecular complexity index is 745. The van der Waals surface area contributed by atoms with Crippen molar-refractivity contribution in [3.63, 3.8) is 0 Å². The van der Waals surface area contributed by atoms with E-state index in [0.717, 1.165) is 42.4 Å². The van der Waals surface area contributed by atoms with E-state index in [-0.39, 0.29) is 11.3 Å². The van der Waals surface area contributed by atoms with Crippen LogP contribution in [0.4, 0.5) is 0 Å². The summed E-state index contributed by atoms with van der Waals surface area (Å²) < 4.78 is 0. The molecule has 3 nitrogen and oxygen atoms in total. The first-order chi connectivity index (χ1) is 12.1. The fourth-order valence-electron chi connectivity index (χ4n) is 3.07. The van der Waals surface area contributed by atoms with Crippen molar-refractivity contribution in [2.45, 2.75) is 46.0 Å². The van der Waals surface area contributed by atoms with E-state index >= 15 is 0 Å². The van der Waals surface area contributed by atoms with Crippen LogP contribution in [0.1, 0.15) is 66.6 Å². The summed E-state index contributed by atoms with van der Waals surface area (Å²) >= 11 is 0. The maximum absolute atomic E-state index is 11.8. The molecular formula is C22H26O3. The van der Waals surface area contributed by atoms with Gasteiger partial charge in [-0.3, -0.25) is 0 Å². The third-order valence-electron chi connectivity index (χ3n) is 4.28. The number of unbranched alkanes of at least 4 members (excludes halogenated alkanes) is 1. The van der Waals surface area contributed by atoms with Crippen LogP contribution in [0, 0.1) is 0 Å². The van der Waals surface area contributed by atoms with Crippen molar-refractivity contribution < 1.29 is 15.0 Å². The first kappa shape index (κ1) is 18.8. The van der Waals surface area contributed by atoms with Crippen LogP contribution in [0.25, 0.3) is 11.6 Å². The highest BCUT2D eigenvalue weighted by atomic mass is 16.4. The van der Waals surface area contributed by atoms with Gasteiger partial charge in [-0.05, 0) is 48.1 Å². The fourth-order valence-corrected chi connectivity index (χ4v) is 3.07. The highest BCUT2D eigenvalue weighted by Crippen LogP contribution is 2.35. The maximum Gasteiger partial charge on any atom is 0.336 e. The molecule has 2 N–H and O–H groups in total. The van der Waals surface area contributed by atoms with Gasteiger partial charge in [0.15, 0.2) is 0 Å². The minimum atomic E-state index is -0.956. The summed E-state index contributed by atoms with van der Waals surface area (Å²) in [5.74, 6) is -0.778. The number of rotatable bonds is 8. The van der Waals surface area contributed by atoms with Crippen LogP contribution < -0.4 is 0 Å². The van der Waals surface area contributed by atoms with Gasteiger partial charge >= 0.3 is 5.97 Å². The monoisotopic (exact) mass is 338 g/mol. The van der Waals surface area contributed by atoms with Gasteiger partial charge < -0.3 is 10.2 Å². The first-order valence-corrected chi connectivity index (χ1v) is 8.92. The van der Waals surface area contributed by atoms with Gasteiger partial charge in [0.25, 0.3) is 0 Å². The quantitative estimate of drug-likeness (QED) is 0.600. The number of aromatic hydroxyl groups is 1. The Morgan fingerprint density at radius 1 is 1.04 bits per heavy atom. The molecule has 0 aromatic heterocycles. The van der Waals surface area contributed by atoms with Gasteiger partial charge in [0.05, 0.1) is 5.56 Å². The number of hydrogen-bond donors (Lipinski definition) is 2. The van der Waals surface area contributed by atoms with Gasteiger partial charge in [0.2, 0.25) is 0 Å². The molecule has 2 aromatic carbocycles. The minimum Gasteiger partial charge on any atom is -0.508 e. The van der Waals surface area contributed by atoms with E-state index in [2.05, 4.69) is 13.0 Å². The molecule has 0 heterocycles. The number of carboxylic acid groups (broad SMARTS) is 1. The normalized spacial score (nSPS) is 11.5. The van der Waals surface area contributed by atoms with E-state index in [1.807, 2.05) is 37.3 Å². The molecule has 0 spiro atoms. The zero-order valence-electron chi connectivity index (χ0n) is 15.0. The summed E-state index contributed by atoms with van der Waals surface area (Å²) in [4.78, 5) is 11.8. The van der Waals surface area contributed by atoms with E-state index < -0.39 is 5.97 Å². The van der Waals surface area contributed by atoms with Gasteiger partial charge in [-0.2, -0.15) is 0 Å². The highest BCUT2D eigenvalue weighted by Gasteiger charge is 2.20. The Morgan fingerprint density at radius 2 is 1.76 bits per heavy atom. The van der Waals surface area contributed by atoms with Crippen molar-refractivity contribution >= 4 is 17.6 Å². The Kier molecular flexibility index (Phi) is 6.81. The molecule has 0 unspecified atom stereocenters. The minimum absolute atomic E-state index is 0.178. The molecule has 0 radical (unpaired) electrons. The fraction of sp³-hybridized carbons (Fsp3) is 0.318. The van der Waals surface area contributed by atoms with Gasteiger partial charge in [-0.15, -0.1) is 0 Å². The van der Waals surface area contributed by atoms with Crippen molar-refractivity contribution in [1.82, 2.24) is 0 Å². The Balaban J connectivity index is 2.68. The zero-order valence-corrected chi connectivity index (χ0v) is 15.0. The second-order valence-electron chi connectivity index (χ2n) is 6.22. The van der Waals surface area contributed by atoms with E-state index in [1.165, 1.54) is 12.1 Å². The number of allylic oxidation sites excluding steroid dienone is 1. The molecule has 0 saturated heterocycles. The molecule has 0 amide bonds. The standard InChI is InChI=1S/C22H26O3/c1-3-5-12-17(15-16-10-7-6-8-11-16)21-18(9-4-2)20(23)14-13-19(21)22(24)25/h6-8,10-11,13-15,23H,3-5,9,12H2,1-2H3,(H,24,25). The van der Waals surface area contributed by atoms with Gasteiger partial charge in [0.1, 0.15) is 5.75 Å². The van der Waals surface area contributed by atoms with Crippen molar-refractivity contribution in [2.24, 2.45) is 0 Å². The first-order valence-electron chi connectivity index (χ1n) is 8.92. The summed E-state index contributed by atoms with van der Waals surface area (Å²) in [7, 11) is 0. The molecule has 0 atom stereocenters. The van der Waals surface area contributed by atoms with Crippen LogP contribution in [-0.2, 0) is 6.42 Å². The SMILES string of the molecule is CCCCC(=Cc1ccccc1)c1c(C(=O)O)ccc(O)c1CCC. The number of phenolic OH excluding ortho intramolecular Hbond substituents is 1. The molecule has 0 fully saturated rings. The molecule has 0 aliphatic carbocycles. The number of hydrogen-bond acceptors (Lipinski definition) is 2. The van der Waals surface area contributed by atoms with Gasteiger partial charge in [-0.1, -0.05) is 63.1 Å². The van der Waals surface area contributed by atoms with Crippen LogP contribution in [0.3, 0.4) is 0 Å². The van der Waals surface area contributed by atoms with Crippen LogP contribution in [0.15, 0.2) is 42.5 Å². The lowest BCUT2D eigenvalue weighted by Gasteiger charge is -2.17.